The summed E-state index contributed by atoms with van der Waals surface area (Å²) in [5.74, 6) is -1.60. The van der Waals surface area contributed by atoms with Gasteiger partial charge in [-0.1, -0.05) is 134 Å². The molecule has 3 aliphatic rings. The summed E-state index contributed by atoms with van der Waals surface area (Å²) in [5.41, 5.74) is 14.2. The predicted octanol–water partition coefficient (Wildman–Crippen LogP) is 14.2. The molecule has 0 saturated heterocycles. The molecule has 1 saturated carbocycles. The third kappa shape index (κ3) is 8.39. The first-order valence-electron chi connectivity index (χ1n) is 23.9. The van der Waals surface area contributed by atoms with Gasteiger partial charge in [-0.05, 0) is 126 Å². The molecule has 0 amide bonds. The fraction of sp³-hybridized carbons (Fsp3) is 0.150. The first kappa shape index (κ1) is 41.5. The van der Waals surface area contributed by atoms with Gasteiger partial charge in [-0.3, -0.25) is 0 Å². The average molecular weight is 894 g/mol. The van der Waals surface area contributed by atoms with Gasteiger partial charge in [0, 0.05) is 38.8 Å². The largest absolute Gasteiger partial charge is 0.459 e. The highest BCUT2D eigenvalue weighted by Crippen LogP contribution is 2.42. The molecule has 1 fully saturated rings. The molecule has 0 radical (unpaired) electrons. The van der Waals surface area contributed by atoms with Crippen molar-refractivity contribution >= 4 is 52.3 Å². The van der Waals surface area contributed by atoms with Crippen LogP contribution in [0.15, 0.2) is 164 Å². The summed E-state index contributed by atoms with van der Waals surface area (Å²) in [4.78, 5) is 31.9. The van der Waals surface area contributed by atoms with E-state index in [0.717, 1.165) is 101 Å². The highest BCUT2D eigenvalue weighted by molar-refractivity contribution is 6.01. The van der Waals surface area contributed by atoms with Crippen molar-refractivity contribution in [3.8, 4) is 44.5 Å². The number of nitrogens with zero attached hydrogens (tertiary/aromatic N) is 2. The Hall–Kier alpha value is -7.94. The molecule has 2 aliphatic heterocycles. The number of aromatic amines is 2. The van der Waals surface area contributed by atoms with Gasteiger partial charge in [0.1, 0.15) is 18.0 Å². The van der Waals surface area contributed by atoms with Crippen LogP contribution >= 0.6 is 0 Å². The second kappa shape index (κ2) is 18.4. The number of hydrogen-bond acceptors (Lipinski definition) is 5. The topological polar surface area (TPSA) is 104 Å². The maximum absolute atomic E-state index is 13.7. The minimum atomic E-state index is -1.60. The number of aryl methyl sites for hydroxylation is 1. The Balaban J connectivity index is 1.16. The molecular weight excluding hydrogens is 844 g/mol. The van der Waals surface area contributed by atoms with Crippen LogP contribution in [0.4, 0.5) is 4.39 Å². The first-order chi connectivity index (χ1) is 33.8. The molecule has 3 aromatic heterocycles. The third-order valence-electron chi connectivity index (χ3n) is 13.5. The molecule has 0 spiro atoms. The highest BCUT2D eigenvalue weighted by atomic mass is 19.1. The number of benzene rings is 5. The number of H-pyrrole nitrogens is 2. The van der Waals surface area contributed by atoms with Gasteiger partial charge in [0.15, 0.2) is 0 Å². The Morgan fingerprint density at radius 2 is 1.12 bits per heavy atom. The lowest BCUT2D eigenvalue weighted by atomic mass is 9.73. The molecule has 334 valence electrons. The standard InChI is InChI=1S/C60H49FN4O3/c61-46-28-25-43(26-29-46)59(66)68-38-60(67)36-14-13-23-45(60)27-24-44-37-53-56(41-19-9-3-10-20-41)51-33-32-49(63-51)54(39-15-5-1-6-16-39)47-30-31-48(62-47)55(40-17-7-2-8-18-40)50-34-35-52(64-50)57(58(44)65-53)42-21-11-4-12-22-42/h1-12,15-22,25-26,28-35,37,45,63,65,67H,13-14,23-24,27,36,38H2/t45-,60-/m1/s1/i38D/t38?,45-,60-. The highest BCUT2D eigenvalue weighted by Gasteiger charge is 2.40. The summed E-state index contributed by atoms with van der Waals surface area (Å²) in [6.45, 7) is -1.54. The molecule has 68 heavy (non-hydrogen) atoms. The normalized spacial score (nSPS) is 17.1. The summed E-state index contributed by atoms with van der Waals surface area (Å²) in [6.07, 6.45) is 12.0. The van der Waals surface area contributed by atoms with Crippen LogP contribution in [0.5, 0.6) is 0 Å². The van der Waals surface area contributed by atoms with E-state index in [9.17, 15) is 14.3 Å². The van der Waals surface area contributed by atoms with Gasteiger partial charge in [0.2, 0.25) is 0 Å². The van der Waals surface area contributed by atoms with E-state index in [-0.39, 0.29) is 11.5 Å². The molecule has 3 N–H and O–H groups in total. The second-order valence-corrected chi connectivity index (χ2v) is 17.8. The summed E-state index contributed by atoms with van der Waals surface area (Å²) in [6, 6.07) is 52.9. The van der Waals surface area contributed by atoms with Gasteiger partial charge in [-0.25, -0.2) is 19.2 Å². The van der Waals surface area contributed by atoms with E-state index in [2.05, 4.69) is 125 Å². The van der Waals surface area contributed by atoms with Gasteiger partial charge >= 0.3 is 5.97 Å². The lowest BCUT2D eigenvalue weighted by Crippen LogP contribution is -2.45. The second-order valence-electron chi connectivity index (χ2n) is 17.8. The van der Waals surface area contributed by atoms with Gasteiger partial charge in [0.25, 0.3) is 0 Å². The van der Waals surface area contributed by atoms with E-state index in [4.69, 9.17) is 16.1 Å². The third-order valence-corrected chi connectivity index (χ3v) is 13.5. The Morgan fingerprint density at radius 1 is 0.618 bits per heavy atom. The molecule has 1 aliphatic carbocycles. The zero-order valence-electron chi connectivity index (χ0n) is 38.3. The smallest absolute Gasteiger partial charge is 0.338 e. The predicted molar refractivity (Wildman–Crippen MR) is 273 cm³/mol. The average Bonchev–Trinajstić information content (AvgIpc) is 4.23. The molecule has 5 aromatic carbocycles. The van der Waals surface area contributed by atoms with Gasteiger partial charge in [-0.2, -0.15) is 0 Å². The number of esters is 1. The maximum atomic E-state index is 13.7. The Morgan fingerprint density at radius 3 is 1.71 bits per heavy atom. The van der Waals surface area contributed by atoms with Crippen molar-refractivity contribution in [1.29, 1.82) is 0 Å². The summed E-state index contributed by atoms with van der Waals surface area (Å²) in [7, 11) is 0. The van der Waals surface area contributed by atoms with Gasteiger partial charge in [0.05, 0.1) is 35.2 Å². The first-order valence-corrected chi connectivity index (χ1v) is 23.3. The van der Waals surface area contributed by atoms with Crippen molar-refractivity contribution in [3.05, 3.63) is 204 Å². The van der Waals surface area contributed by atoms with E-state index < -0.39 is 24.0 Å². The van der Waals surface area contributed by atoms with Crippen LogP contribution in [-0.4, -0.2) is 43.2 Å². The number of halogens is 1. The van der Waals surface area contributed by atoms with Crippen molar-refractivity contribution in [2.75, 3.05) is 6.58 Å². The summed E-state index contributed by atoms with van der Waals surface area (Å²) < 4.78 is 28.5. The molecule has 8 aromatic rings. The minimum Gasteiger partial charge on any atom is -0.459 e. The van der Waals surface area contributed by atoms with Crippen molar-refractivity contribution in [1.82, 2.24) is 19.9 Å². The number of carbonyl (C=O) groups is 1. The van der Waals surface area contributed by atoms with Crippen LogP contribution in [0.2, 0.25) is 0 Å². The number of nitrogens with one attached hydrogen (secondary N) is 2. The number of fused-ring (bicyclic) bond motifs is 8. The number of hydrogen-bond donors (Lipinski definition) is 3. The fourth-order valence-corrected chi connectivity index (χ4v) is 10.1. The zero-order valence-corrected chi connectivity index (χ0v) is 37.3. The van der Waals surface area contributed by atoms with Crippen LogP contribution in [-0.2, 0) is 11.2 Å². The Bertz CT molecular complexity index is 3430. The monoisotopic (exact) mass is 893 g/mol. The van der Waals surface area contributed by atoms with Crippen LogP contribution in [0.1, 0.15) is 72.2 Å². The molecule has 8 heteroatoms. The van der Waals surface area contributed by atoms with Crippen LogP contribution < -0.4 is 0 Å². The number of ether oxygens (including phenoxy) is 1. The van der Waals surface area contributed by atoms with E-state index in [0.29, 0.717) is 32.1 Å². The van der Waals surface area contributed by atoms with Crippen LogP contribution in [0.25, 0.3) is 90.9 Å². The lowest BCUT2D eigenvalue weighted by Gasteiger charge is -2.39. The van der Waals surface area contributed by atoms with E-state index in [1.54, 1.807) is 0 Å². The van der Waals surface area contributed by atoms with Crippen molar-refractivity contribution in [3.63, 3.8) is 0 Å². The van der Waals surface area contributed by atoms with Crippen molar-refractivity contribution in [2.45, 2.75) is 44.1 Å². The summed E-state index contributed by atoms with van der Waals surface area (Å²) >= 11 is 0. The molecular formula is C60H49FN4O3. The molecule has 1 unspecified atom stereocenters. The number of aromatic nitrogens is 4. The number of aliphatic hydroxyl groups is 1. The Kier molecular flexibility index (Phi) is 11.2. The quantitative estimate of drug-likeness (QED) is 0.119. The maximum Gasteiger partial charge on any atom is 0.338 e. The summed E-state index contributed by atoms with van der Waals surface area (Å²) in [5, 5.41) is 12.4. The lowest BCUT2D eigenvalue weighted by molar-refractivity contribution is -0.0931. The molecule has 3 atom stereocenters. The van der Waals surface area contributed by atoms with Crippen molar-refractivity contribution < 1.29 is 20.4 Å². The molecule has 5 heterocycles. The molecule has 8 bridgehead atoms. The number of carbonyl (C=O) groups excluding carboxylic acids is 1. The molecule has 7 nitrogen and oxygen atoms in total. The molecule has 11 rings (SSSR count). The fourth-order valence-electron chi connectivity index (χ4n) is 10.1. The Labute approximate surface area is 395 Å². The minimum absolute atomic E-state index is 0.127. The number of rotatable bonds is 10. The zero-order chi connectivity index (χ0) is 46.9. The van der Waals surface area contributed by atoms with Crippen molar-refractivity contribution in [2.24, 2.45) is 5.92 Å². The van der Waals surface area contributed by atoms with E-state index >= 15 is 0 Å². The van der Waals surface area contributed by atoms with E-state index in [1.807, 2.05) is 48.5 Å². The van der Waals surface area contributed by atoms with Gasteiger partial charge in [-0.15, -0.1) is 0 Å². The van der Waals surface area contributed by atoms with Crippen LogP contribution in [0.3, 0.4) is 0 Å². The van der Waals surface area contributed by atoms with E-state index in [1.165, 1.54) is 24.3 Å². The van der Waals surface area contributed by atoms with Gasteiger partial charge < -0.3 is 19.8 Å². The SMILES string of the molecule is [2H]C(OC(=O)c1ccc(F)cc1)[C@]1(O)CCCC[C@@H]1CCc1cc2[nH]c1c(-c1ccccc1)c1nc(c(-c3ccccc3)c3nc(c(-c4ccccc4)c4ccc([nH]4)c2-c2ccccc2)C=C3)C=C1. The van der Waals surface area contributed by atoms with Crippen LogP contribution in [0, 0.1) is 11.7 Å².